The average molecular weight is 278 g/mol. The van der Waals surface area contributed by atoms with Crippen molar-refractivity contribution in [3.8, 4) is 5.75 Å². The second-order valence-electron chi connectivity index (χ2n) is 4.51. The van der Waals surface area contributed by atoms with E-state index in [1.807, 2.05) is 0 Å². The zero-order chi connectivity index (χ0) is 14.7. The topological polar surface area (TPSA) is 47.3 Å². The van der Waals surface area contributed by atoms with Gasteiger partial charge in [-0.1, -0.05) is 12.1 Å². The Hall–Kier alpha value is -1.98. The van der Waals surface area contributed by atoms with E-state index in [4.69, 9.17) is 10.6 Å². The zero-order valence-corrected chi connectivity index (χ0v) is 11.3. The van der Waals surface area contributed by atoms with Crippen LogP contribution in [0.5, 0.6) is 5.75 Å². The first-order valence-corrected chi connectivity index (χ1v) is 6.12. The highest BCUT2D eigenvalue weighted by molar-refractivity contribution is 5.42. The summed E-state index contributed by atoms with van der Waals surface area (Å²) in [7, 11) is 1.47. The summed E-state index contributed by atoms with van der Waals surface area (Å²) in [6, 6.07) is 8.16. The standard InChI is InChI=1S/C15H16F2N2O/c1-9-3-5-11(13(17)7-9)15(19-18)12-8-10(16)4-6-14(12)20-2/h3-8,15,19H,18H2,1-2H3. The SMILES string of the molecule is COc1ccc(F)cc1C(NN)c1ccc(C)cc1F. The Kier molecular flexibility index (Phi) is 4.32. The van der Waals surface area contributed by atoms with Crippen molar-refractivity contribution in [1.82, 2.24) is 5.43 Å². The molecule has 3 N–H and O–H groups in total. The molecule has 2 aromatic rings. The van der Waals surface area contributed by atoms with Crippen LogP contribution in [0.25, 0.3) is 0 Å². The van der Waals surface area contributed by atoms with Crippen LogP contribution in [-0.2, 0) is 0 Å². The van der Waals surface area contributed by atoms with E-state index in [0.717, 1.165) is 5.56 Å². The molecule has 0 aliphatic heterocycles. The third-order valence-electron chi connectivity index (χ3n) is 3.14. The molecule has 0 bridgehead atoms. The third-order valence-corrected chi connectivity index (χ3v) is 3.14. The summed E-state index contributed by atoms with van der Waals surface area (Å²) < 4.78 is 32.7. The lowest BCUT2D eigenvalue weighted by atomic mass is 9.97. The highest BCUT2D eigenvalue weighted by Gasteiger charge is 2.21. The summed E-state index contributed by atoms with van der Waals surface area (Å²) in [6.45, 7) is 1.79. The molecule has 1 unspecified atom stereocenters. The average Bonchev–Trinajstić information content (AvgIpc) is 2.42. The van der Waals surface area contributed by atoms with Crippen molar-refractivity contribution >= 4 is 0 Å². The number of nitrogens with one attached hydrogen (secondary N) is 1. The Labute approximate surface area is 116 Å². The van der Waals surface area contributed by atoms with E-state index in [1.165, 1.54) is 31.4 Å². The maximum atomic E-state index is 14.1. The number of methoxy groups -OCH3 is 1. The minimum absolute atomic E-state index is 0.335. The normalized spacial score (nSPS) is 12.2. The fourth-order valence-electron chi connectivity index (χ4n) is 2.14. The molecule has 0 spiro atoms. The Morgan fingerprint density at radius 2 is 1.85 bits per heavy atom. The van der Waals surface area contributed by atoms with Crippen LogP contribution in [0.2, 0.25) is 0 Å². The first-order chi connectivity index (χ1) is 9.56. The first kappa shape index (κ1) is 14.4. The van der Waals surface area contributed by atoms with Crippen LogP contribution in [0.1, 0.15) is 22.7 Å². The predicted molar refractivity (Wildman–Crippen MR) is 73.3 cm³/mol. The summed E-state index contributed by atoms with van der Waals surface area (Å²) in [5, 5.41) is 0. The number of ether oxygens (including phenoxy) is 1. The molecule has 0 aliphatic rings. The summed E-state index contributed by atoms with van der Waals surface area (Å²) in [4.78, 5) is 0. The van der Waals surface area contributed by atoms with E-state index < -0.39 is 17.7 Å². The summed E-state index contributed by atoms with van der Waals surface area (Å²) in [5.41, 5.74) is 4.09. The number of aryl methyl sites for hydroxylation is 1. The minimum atomic E-state index is -0.693. The Morgan fingerprint density at radius 3 is 2.45 bits per heavy atom. The maximum absolute atomic E-state index is 14.1. The lowest BCUT2D eigenvalue weighted by molar-refractivity contribution is 0.401. The van der Waals surface area contributed by atoms with Gasteiger partial charge >= 0.3 is 0 Å². The van der Waals surface area contributed by atoms with Gasteiger partial charge in [0.15, 0.2) is 0 Å². The van der Waals surface area contributed by atoms with Crippen molar-refractivity contribution in [2.75, 3.05) is 7.11 Å². The van der Waals surface area contributed by atoms with Crippen LogP contribution < -0.4 is 16.0 Å². The first-order valence-electron chi connectivity index (χ1n) is 6.12. The molecule has 0 aliphatic carbocycles. The van der Waals surface area contributed by atoms with Gasteiger partial charge in [-0.3, -0.25) is 5.84 Å². The summed E-state index contributed by atoms with van der Waals surface area (Å²) in [5.74, 6) is 5.12. The van der Waals surface area contributed by atoms with E-state index in [0.29, 0.717) is 16.9 Å². The molecule has 0 heterocycles. The van der Waals surface area contributed by atoms with Crippen LogP contribution in [0.15, 0.2) is 36.4 Å². The fraction of sp³-hybridized carbons (Fsp3) is 0.200. The molecule has 0 saturated heterocycles. The number of hydrogen-bond donors (Lipinski definition) is 2. The number of hydrogen-bond acceptors (Lipinski definition) is 3. The summed E-state index contributed by atoms with van der Waals surface area (Å²) in [6.07, 6.45) is 0. The molecule has 0 aromatic heterocycles. The van der Waals surface area contributed by atoms with E-state index in [2.05, 4.69) is 5.43 Å². The Balaban J connectivity index is 2.54. The quantitative estimate of drug-likeness (QED) is 0.668. The molecule has 1 atom stereocenters. The van der Waals surface area contributed by atoms with Gasteiger partial charge in [-0.05, 0) is 36.8 Å². The van der Waals surface area contributed by atoms with Crippen LogP contribution in [0.4, 0.5) is 8.78 Å². The number of rotatable bonds is 4. The van der Waals surface area contributed by atoms with E-state index in [9.17, 15) is 8.78 Å². The largest absolute Gasteiger partial charge is 0.496 e. The maximum Gasteiger partial charge on any atom is 0.128 e. The molecule has 2 rings (SSSR count). The van der Waals surface area contributed by atoms with Crippen molar-refractivity contribution in [3.05, 3.63) is 64.7 Å². The predicted octanol–water partition coefficient (Wildman–Crippen LogP) is 2.83. The molecule has 3 nitrogen and oxygen atoms in total. The smallest absolute Gasteiger partial charge is 0.128 e. The second kappa shape index (κ2) is 5.98. The van der Waals surface area contributed by atoms with Gasteiger partial charge in [0.25, 0.3) is 0 Å². The molecule has 0 amide bonds. The van der Waals surface area contributed by atoms with Crippen molar-refractivity contribution in [2.24, 2.45) is 5.84 Å². The van der Waals surface area contributed by atoms with E-state index >= 15 is 0 Å². The van der Waals surface area contributed by atoms with Gasteiger partial charge in [-0.15, -0.1) is 0 Å². The molecular weight excluding hydrogens is 262 g/mol. The number of benzene rings is 2. The molecule has 5 heteroatoms. The second-order valence-corrected chi connectivity index (χ2v) is 4.51. The van der Waals surface area contributed by atoms with Gasteiger partial charge in [-0.25, -0.2) is 14.2 Å². The van der Waals surface area contributed by atoms with Crippen molar-refractivity contribution in [1.29, 1.82) is 0 Å². The number of nitrogens with two attached hydrogens (primary N) is 1. The van der Waals surface area contributed by atoms with Crippen LogP contribution in [0, 0.1) is 18.6 Å². The number of hydrazine groups is 1. The van der Waals surface area contributed by atoms with Gasteiger partial charge in [0.1, 0.15) is 17.4 Å². The third kappa shape index (κ3) is 2.79. The molecule has 20 heavy (non-hydrogen) atoms. The molecular formula is C15H16F2N2O. The van der Waals surface area contributed by atoms with Gasteiger partial charge in [0.2, 0.25) is 0 Å². The number of halogens is 2. The fourth-order valence-corrected chi connectivity index (χ4v) is 2.14. The zero-order valence-electron chi connectivity index (χ0n) is 11.3. The van der Waals surface area contributed by atoms with Crippen LogP contribution in [0.3, 0.4) is 0 Å². The minimum Gasteiger partial charge on any atom is -0.496 e. The monoisotopic (exact) mass is 278 g/mol. The molecule has 0 fully saturated rings. The highest BCUT2D eigenvalue weighted by Crippen LogP contribution is 2.31. The molecule has 106 valence electrons. The van der Waals surface area contributed by atoms with Gasteiger partial charge in [0, 0.05) is 11.1 Å². The lowest BCUT2D eigenvalue weighted by Gasteiger charge is -2.20. The van der Waals surface area contributed by atoms with E-state index in [-0.39, 0.29) is 0 Å². The van der Waals surface area contributed by atoms with Gasteiger partial charge in [0.05, 0.1) is 13.2 Å². The van der Waals surface area contributed by atoms with Gasteiger partial charge in [-0.2, -0.15) is 0 Å². The Bertz CT molecular complexity index is 617. The van der Waals surface area contributed by atoms with E-state index in [1.54, 1.807) is 19.1 Å². The molecule has 2 aromatic carbocycles. The Morgan fingerprint density at radius 1 is 1.10 bits per heavy atom. The molecule has 0 radical (unpaired) electrons. The summed E-state index contributed by atoms with van der Waals surface area (Å²) >= 11 is 0. The van der Waals surface area contributed by atoms with Crippen molar-refractivity contribution in [3.63, 3.8) is 0 Å². The lowest BCUT2D eigenvalue weighted by Crippen LogP contribution is -2.30. The molecule has 0 saturated carbocycles. The van der Waals surface area contributed by atoms with Crippen LogP contribution in [-0.4, -0.2) is 7.11 Å². The van der Waals surface area contributed by atoms with Crippen LogP contribution >= 0.6 is 0 Å². The highest BCUT2D eigenvalue weighted by atomic mass is 19.1. The van der Waals surface area contributed by atoms with Crippen molar-refractivity contribution < 1.29 is 13.5 Å². The van der Waals surface area contributed by atoms with Crippen molar-refractivity contribution in [2.45, 2.75) is 13.0 Å². The van der Waals surface area contributed by atoms with Gasteiger partial charge < -0.3 is 4.74 Å².